The molecule has 0 bridgehead atoms. The third kappa shape index (κ3) is 4.58. The predicted octanol–water partition coefficient (Wildman–Crippen LogP) is 12.6. The monoisotopic (exact) mass is 633 g/mol. The minimum atomic E-state index is -1.40. The van der Waals surface area contributed by atoms with Crippen LogP contribution in [-0.2, 0) is 5.41 Å². The van der Waals surface area contributed by atoms with Crippen molar-refractivity contribution in [2.75, 3.05) is 4.90 Å². The Bertz CT molecular complexity index is 2510. The molecule has 0 radical (unpaired) electrons. The van der Waals surface area contributed by atoms with E-state index in [9.17, 15) is 0 Å². The molecule has 0 heterocycles. The van der Waals surface area contributed by atoms with Gasteiger partial charge in [0.1, 0.15) is 0 Å². The first-order valence-corrected chi connectivity index (χ1v) is 20.6. The summed E-state index contributed by atoms with van der Waals surface area (Å²) in [5.74, 6) is 0. The Morgan fingerprint density at radius 1 is 0.396 bits per heavy atom. The summed E-state index contributed by atoms with van der Waals surface area (Å²) in [5.41, 5.74) is 8.96. The van der Waals surface area contributed by atoms with E-state index >= 15 is 0 Å². The van der Waals surface area contributed by atoms with Crippen LogP contribution in [0.15, 0.2) is 146 Å². The molecule has 2 heteroatoms. The second kappa shape index (κ2) is 10.4. The molecule has 0 fully saturated rings. The maximum atomic E-state index is 2.48. The normalized spacial score (nSPS) is 13.7. The van der Waals surface area contributed by atoms with Crippen LogP contribution in [0.4, 0.5) is 17.1 Å². The van der Waals surface area contributed by atoms with Gasteiger partial charge < -0.3 is 4.90 Å². The van der Waals surface area contributed by atoms with Crippen molar-refractivity contribution in [1.82, 2.24) is 0 Å². The summed E-state index contributed by atoms with van der Waals surface area (Å²) < 4.78 is 0. The van der Waals surface area contributed by atoms with Crippen molar-refractivity contribution in [3.8, 4) is 11.1 Å². The highest BCUT2D eigenvalue weighted by Gasteiger charge is 2.36. The van der Waals surface area contributed by atoms with Crippen LogP contribution in [0.5, 0.6) is 0 Å². The summed E-state index contributed by atoms with van der Waals surface area (Å²) in [6.45, 7) is 12.1. The van der Waals surface area contributed by atoms with Crippen LogP contribution in [0.2, 0.25) is 19.6 Å². The zero-order chi connectivity index (χ0) is 32.8. The van der Waals surface area contributed by atoms with Gasteiger partial charge >= 0.3 is 0 Å². The van der Waals surface area contributed by atoms with Crippen molar-refractivity contribution < 1.29 is 0 Å². The molecule has 232 valence electrons. The van der Waals surface area contributed by atoms with Crippen LogP contribution >= 0.6 is 0 Å². The fourth-order valence-electron chi connectivity index (χ4n) is 7.89. The van der Waals surface area contributed by atoms with Gasteiger partial charge in [0.15, 0.2) is 0 Å². The van der Waals surface area contributed by atoms with Gasteiger partial charge in [0.25, 0.3) is 0 Å². The summed E-state index contributed by atoms with van der Waals surface area (Å²) in [7, 11) is -1.40. The molecule has 1 aliphatic carbocycles. The lowest BCUT2D eigenvalue weighted by molar-refractivity contribution is 0.662. The molecule has 0 unspecified atom stereocenters. The molecular weight excluding hydrogens is 595 g/mol. The van der Waals surface area contributed by atoms with Gasteiger partial charge in [-0.25, -0.2) is 0 Å². The van der Waals surface area contributed by atoms with Crippen LogP contribution in [0.1, 0.15) is 25.0 Å². The fraction of sp³-hybridized carbons (Fsp3) is 0.130. The van der Waals surface area contributed by atoms with E-state index in [1.807, 2.05) is 0 Å². The summed E-state index contributed by atoms with van der Waals surface area (Å²) in [6.07, 6.45) is 0. The molecule has 0 amide bonds. The lowest BCUT2D eigenvalue weighted by Crippen LogP contribution is -2.37. The lowest BCUT2D eigenvalue weighted by atomic mass is 9.81. The lowest BCUT2D eigenvalue weighted by Gasteiger charge is -2.27. The Morgan fingerprint density at radius 3 is 1.29 bits per heavy atom. The third-order valence-corrected chi connectivity index (χ3v) is 12.7. The molecule has 0 spiro atoms. The molecule has 48 heavy (non-hydrogen) atoms. The van der Waals surface area contributed by atoms with Gasteiger partial charge in [-0.15, -0.1) is 0 Å². The van der Waals surface area contributed by atoms with E-state index < -0.39 is 8.07 Å². The molecule has 0 saturated carbocycles. The average molecular weight is 634 g/mol. The van der Waals surface area contributed by atoms with Gasteiger partial charge in [0.2, 0.25) is 0 Å². The average Bonchev–Trinajstić information content (AvgIpc) is 3.30. The highest BCUT2D eigenvalue weighted by Crippen LogP contribution is 2.51. The van der Waals surface area contributed by atoms with Crippen molar-refractivity contribution in [3.05, 3.63) is 157 Å². The minimum absolute atomic E-state index is 0.0887. The summed E-state index contributed by atoms with van der Waals surface area (Å²) in [4.78, 5) is 2.41. The Kier molecular flexibility index (Phi) is 6.29. The van der Waals surface area contributed by atoms with Crippen LogP contribution in [0, 0.1) is 0 Å². The molecule has 8 aromatic rings. The maximum absolute atomic E-state index is 2.48. The topological polar surface area (TPSA) is 3.24 Å². The number of nitrogens with zero attached hydrogens (tertiary/aromatic N) is 1. The van der Waals surface area contributed by atoms with Gasteiger partial charge in [-0.1, -0.05) is 124 Å². The van der Waals surface area contributed by atoms with Gasteiger partial charge in [0, 0.05) is 22.5 Å². The summed E-state index contributed by atoms with van der Waals surface area (Å²) >= 11 is 0. The van der Waals surface area contributed by atoms with E-state index in [4.69, 9.17) is 0 Å². The number of hydrogen-bond donors (Lipinski definition) is 0. The van der Waals surface area contributed by atoms with Crippen LogP contribution in [0.3, 0.4) is 0 Å². The van der Waals surface area contributed by atoms with E-state index in [1.165, 1.54) is 70.5 Å². The SMILES string of the molecule is CC1(C)c2cc3cc(N(c4ccc5ccccc5c4)c4ccc5ccccc5c4)ccc3cc2-c2cc3ccc([Si](C)(C)C)cc3cc21. The first-order valence-electron chi connectivity index (χ1n) is 17.1. The zero-order valence-electron chi connectivity index (χ0n) is 28.3. The Labute approximate surface area is 284 Å². The zero-order valence-corrected chi connectivity index (χ0v) is 29.3. The summed E-state index contributed by atoms with van der Waals surface area (Å²) in [5, 5.41) is 11.7. The van der Waals surface area contributed by atoms with Crippen LogP contribution in [0.25, 0.3) is 54.2 Å². The van der Waals surface area contributed by atoms with E-state index in [2.05, 4.69) is 184 Å². The smallest absolute Gasteiger partial charge is 0.0776 e. The minimum Gasteiger partial charge on any atom is -0.310 e. The molecule has 9 rings (SSSR count). The van der Waals surface area contributed by atoms with Crippen molar-refractivity contribution in [2.45, 2.75) is 38.9 Å². The highest BCUT2D eigenvalue weighted by atomic mass is 28.3. The number of anilines is 3. The van der Waals surface area contributed by atoms with Crippen molar-refractivity contribution >= 4 is 73.4 Å². The van der Waals surface area contributed by atoms with Crippen molar-refractivity contribution in [2.24, 2.45) is 0 Å². The molecule has 0 aromatic heterocycles. The van der Waals surface area contributed by atoms with Gasteiger partial charge in [0.05, 0.1) is 8.07 Å². The molecule has 0 N–H and O–H groups in total. The molecule has 1 aliphatic rings. The Hall–Kier alpha value is -5.18. The quantitative estimate of drug-likeness (QED) is 0.174. The largest absolute Gasteiger partial charge is 0.310 e. The molecule has 1 nitrogen and oxygen atoms in total. The number of benzene rings is 8. The molecule has 0 aliphatic heterocycles. The third-order valence-electron chi connectivity index (χ3n) is 10.7. The van der Waals surface area contributed by atoms with Crippen LogP contribution < -0.4 is 10.1 Å². The van der Waals surface area contributed by atoms with E-state index in [1.54, 1.807) is 0 Å². The van der Waals surface area contributed by atoms with E-state index in [0.717, 1.165) is 17.1 Å². The second-order valence-corrected chi connectivity index (χ2v) is 20.2. The highest BCUT2D eigenvalue weighted by molar-refractivity contribution is 6.88. The fourth-order valence-corrected chi connectivity index (χ4v) is 9.06. The van der Waals surface area contributed by atoms with E-state index in [0.29, 0.717) is 0 Å². The summed E-state index contributed by atoms with van der Waals surface area (Å²) in [6, 6.07) is 54.8. The van der Waals surface area contributed by atoms with E-state index in [-0.39, 0.29) is 5.41 Å². The van der Waals surface area contributed by atoms with Gasteiger partial charge in [-0.2, -0.15) is 0 Å². The molecule has 0 atom stereocenters. The van der Waals surface area contributed by atoms with Gasteiger partial charge in [-0.05, 0) is 126 Å². The van der Waals surface area contributed by atoms with Gasteiger partial charge in [-0.3, -0.25) is 0 Å². The Morgan fingerprint density at radius 2 is 0.792 bits per heavy atom. The number of fused-ring (bicyclic) bond motifs is 7. The van der Waals surface area contributed by atoms with Crippen molar-refractivity contribution in [1.29, 1.82) is 0 Å². The molecule has 0 saturated heterocycles. The second-order valence-electron chi connectivity index (χ2n) is 15.2. The molecular formula is C46H39NSi. The first-order chi connectivity index (χ1) is 23.1. The predicted molar refractivity (Wildman–Crippen MR) is 212 cm³/mol. The van der Waals surface area contributed by atoms with Crippen LogP contribution in [-0.4, -0.2) is 8.07 Å². The first kappa shape index (κ1) is 29.0. The standard InChI is InChI=1S/C46H39NSi/c1-46(2)44-28-36-24-40(20-16-34(36)26-42(44)43-27-35-17-21-41(48(3,4)5)25-37(35)29-45(43)46)47(38-18-14-30-10-6-8-12-32(30)22-38)39-19-15-31-11-7-9-13-33(31)23-39/h6-29H,1-5H3. The molecule has 8 aromatic carbocycles. The Balaban J connectivity index is 1.21. The number of rotatable bonds is 4. The maximum Gasteiger partial charge on any atom is 0.0776 e. The van der Waals surface area contributed by atoms with Crippen molar-refractivity contribution in [3.63, 3.8) is 0 Å². The number of hydrogen-bond acceptors (Lipinski definition) is 1.